The highest BCUT2D eigenvalue weighted by atomic mass is 16.5. The first-order chi connectivity index (χ1) is 14.3. The van der Waals surface area contributed by atoms with E-state index in [-0.39, 0.29) is 17.3 Å². The molecule has 1 heterocycles. The summed E-state index contributed by atoms with van der Waals surface area (Å²) in [6, 6.07) is 14.3. The van der Waals surface area contributed by atoms with Crippen molar-refractivity contribution < 1.29 is 19.4 Å². The Bertz CT molecular complexity index is 956. The van der Waals surface area contributed by atoms with Crippen LogP contribution in [0.5, 0.6) is 5.75 Å². The summed E-state index contributed by atoms with van der Waals surface area (Å²) in [5.41, 5.74) is 2.68. The van der Waals surface area contributed by atoms with E-state index in [0.717, 1.165) is 11.1 Å². The number of benzene rings is 2. The van der Waals surface area contributed by atoms with Gasteiger partial charge in [-0.05, 0) is 48.2 Å². The zero-order valence-electron chi connectivity index (χ0n) is 18.2. The van der Waals surface area contributed by atoms with E-state index < -0.39 is 17.7 Å². The average Bonchev–Trinajstić information content (AvgIpc) is 2.99. The standard InChI is InChI=1S/C25H29NO4/c1-6-30-20-13-9-18(10-14-20)22-21(23(27)16(4)5)24(28)25(29)26(22)19-11-7-17(8-12-19)15(2)3/h7-16,22,28H,6H2,1-5H3. The lowest BCUT2D eigenvalue weighted by molar-refractivity contribution is -0.119. The predicted molar refractivity (Wildman–Crippen MR) is 118 cm³/mol. The van der Waals surface area contributed by atoms with Crippen molar-refractivity contribution in [3.8, 4) is 5.75 Å². The molecule has 1 unspecified atom stereocenters. The van der Waals surface area contributed by atoms with Gasteiger partial charge in [0.2, 0.25) is 0 Å². The zero-order valence-corrected chi connectivity index (χ0v) is 18.2. The van der Waals surface area contributed by atoms with E-state index >= 15 is 0 Å². The van der Waals surface area contributed by atoms with Crippen molar-refractivity contribution in [3.05, 3.63) is 71.0 Å². The van der Waals surface area contributed by atoms with Gasteiger partial charge in [0, 0.05) is 11.6 Å². The highest BCUT2D eigenvalue weighted by Gasteiger charge is 2.44. The molecule has 1 aliphatic rings. The number of aliphatic hydroxyl groups excluding tert-OH is 1. The van der Waals surface area contributed by atoms with Crippen LogP contribution in [0.15, 0.2) is 59.9 Å². The maximum atomic E-state index is 13.1. The molecule has 1 atom stereocenters. The van der Waals surface area contributed by atoms with E-state index in [2.05, 4.69) is 13.8 Å². The van der Waals surface area contributed by atoms with Gasteiger partial charge in [-0.2, -0.15) is 0 Å². The van der Waals surface area contributed by atoms with Gasteiger partial charge >= 0.3 is 0 Å². The Hall–Kier alpha value is -3.08. The van der Waals surface area contributed by atoms with Crippen molar-refractivity contribution in [2.75, 3.05) is 11.5 Å². The molecular formula is C25H29NO4. The number of carbonyl (C=O) groups excluding carboxylic acids is 2. The van der Waals surface area contributed by atoms with Crippen LogP contribution in [0, 0.1) is 5.92 Å². The van der Waals surface area contributed by atoms with Gasteiger partial charge in [0.05, 0.1) is 18.2 Å². The second-order valence-electron chi connectivity index (χ2n) is 8.11. The number of ether oxygens (including phenoxy) is 1. The normalized spacial score (nSPS) is 16.7. The van der Waals surface area contributed by atoms with Crippen LogP contribution in [-0.2, 0) is 9.59 Å². The van der Waals surface area contributed by atoms with Crippen LogP contribution in [0.3, 0.4) is 0 Å². The molecule has 0 spiro atoms. The lowest BCUT2D eigenvalue weighted by atomic mass is 9.91. The third-order valence-electron chi connectivity index (χ3n) is 5.34. The molecule has 0 aliphatic carbocycles. The minimum absolute atomic E-state index is 0.145. The Kier molecular flexibility index (Phi) is 6.30. The van der Waals surface area contributed by atoms with Crippen LogP contribution in [0.2, 0.25) is 0 Å². The molecule has 158 valence electrons. The van der Waals surface area contributed by atoms with Gasteiger partial charge in [-0.15, -0.1) is 0 Å². The zero-order chi connectivity index (χ0) is 22.0. The summed E-state index contributed by atoms with van der Waals surface area (Å²) in [5, 5.41) is 10.7. The average molecular weight is 408 g/mol. The van der Waals surface area contributed by atoms with E-state index in [1.807, 2.05) is 55.5 Å². The highest BCUT2D eigenvalue weighted by molar-refractivity contribution is 6.16. The Labute approximate surface area is 178 Å². The third kappa shape index (κ3) is 3.97. The summed E-state index contributed by atoms with van der Waals surface area (Å²) in [5.74, 6) is -0.539. The van der Waals surface area contributed by atoms with E-state index in [9.17, 15) is 14.7 Å². The fraction of sp³-hybridized carbons (Fsp3) is 0.360. The molecule has 5 nitrogen and oxygen atoms in total. The van der Waals surface area contributed by atoms with Crippen LogP contribution in [-0.4, -0.2) is 23.4 Å². The van der Waals surface area contributed by atoms with Crippen LogP contribution < -0.4 is 9.64 Å². The Morgan fingerprint density at radius 3 is 2.13 bits per heavy atom. The largest absolute Gasteiger partial charge is 0.503 e. The number of amides is 1. The van der Waals surface area contributed by atoms with Gasteiger partial charge in [-0.1, -0.05) is 52.0 Å². The molecule has 0 bridgehead atoms. The van der Waals surface area contributed by atoms with E-state index in [1.165, 1.54) is 4.90 Å². The summed E-state index contributed by atoms with van der Waals surface area (Å²) in [6.07, 6.45) is 0. The summed E-state index contributed by atoms with van der Waals surface area (Å²) >= 11 is 0. The molecule has 0 fully saturated rings. The fourth-order valence-corrected chi connectivity index (χ4v) is 3.68. The van der Waals surface area contributed by atoms with Gasteiger partial charge in [0.1, 0.15) is 5.75 Å². The minimum Gasteiger partial charge on any atom is -0.503 e. The van der Waals surface area contributed by atoms with Crippen molar-refractivity contribution in [3.63, 3.8) is 0 Å². The molecule has 0 aromatic heterocycles. The van der Waals surface area contributed by atoms with Crippen molar-refractivity contribution in [1.29, 1.82) is 0 Å². The quantitative estimate of drug-likeness (QED) is 0.673. The molecule has 0 saturated carbocycles. The van der Waals surface area contributed by atoms with Crippen LogP contribution in [0.4, 0.5) is 5.69 Å². The SMILES string of the molecule is CCOc1ccc(C2C(C(=O)C(C)C)=C(O)C(=O)N2c2ccc(C(C)C)cc2)cc1. The fourth-order valence-electron chi connectivity index (χ4n) is 3.68. The number of ketones is 1. The first kappa shape index (κ1) is 21.6. The topological polar surface area (TPSA) is 66.8 Å². The second-order valence-corrected chi connectivity index (χ2v) is 8.11. The summed E-state index contributed by atoms with van der Waals surface area (Å²) in [4.78, 5) is 27.5. The Morgan fingerprint density at radius 1 is 1.03 bits per heavy atom. The number of rotatable bonds is 7. The Balaban J connectivity index is 2.10. The predicted octanol–water partition coefficient (Wildman–Crippen LogP) is 5.33. The molecule has 5 heteroatoms. The van der Waals surface area contributed by atoms with E-state index in [0.29, 0.717) is 24.0 Å². The first-order valence-electron chi connectivity index (χ1n) is 10.4. The smallest absolute Gasteiger partial charge is 0.294 e. The maximum absolute atomic E-state index is 13.1. The van der Waals surface area contributed by atoms with Crippen LogP contribution >= 0.6 is 0 Å². The highest BCUT2D eigenvalue weighted by Crippen LogP contribution is 2.42. The maximum Gasteiger partial charge on any atom is 0.294 e. The van der Waals surface area contributed by atoms with E-state index in [1.54, 1.807) is 13.8 Å². The van der Waals surface area contributed by atoms with Crippen molar-refractivity contribution >= 4 is 17.4 Å². The van der Waals surface area contributed by atoms with Gasteiger partial charge in [0.25, 0.3) is 5.91 Å². The number of nitrogens with zero attached hydrogens (tertiary/aromatic N) is 1. The third-order valence-corrected chi connectivity index (χ3v) is 5.34. The first-order valence-corrected chi connectivity index (χ1v) is 10.4. The molecule has 0 radical (unpaired) electrons. The summed E-state index contributed by atoms with van der Waals surface area (Å²) < 4.78 is 5.52. The van der Waals surface area contributed by atoms with Gasteiger partial charge in [0.15, 0.2) is 11.5 Å². The monoisotopic (exact) mass is 407 g/mol. The van der Waals surface area contributed by atoms with Crippen molar-refractivity contribution in [2.24, 2.45) is 5.92 Å². The number of hydrogen-bond donors (Lipinski definition) is 1. The number of hydrogen-bond acceptors (Lipinski definition) is 4. The summed E-state index contributed by atoms with van der Waals surface area (Å²) in [6.45, 7) is 10.2. The van der Waals surface area contributed by atoms with Crippen LogP contribution in [0.25, 0.3) is 0 Å². The van der Waals surface area contributed by atoms with Gasteiger partial charge in [-0.25, -0.2) is 0 Å². The molecule has 30 heavy (non-hydrogen) atoms. The van der Waals surface area contributed by atoms with Gasteiger partial charge in [-0.3, -0.25) is 14.5 Å². The number of carbonyl (C=O) groups is 2. The van der Waals surface area contributed by atoms with Crippen molar-refractivity contribution in [1.82, 2.24) is 0 Å². The number of anilines is 1. The second kappa shape index (κ2) is 8.74. The van der Waals surface area contributed by atoms with E-state index in [4.69, 9.17) is 4.74 Å². The molecule has 0 saturated heterocycles. The molecular weight excluding hydrogens is 378 g/mol. The molecule has 2 aromatic rings. The van der Waals surface area contributed by atoms with Gasteiger partial charge < -0.3 is 9.84 Å². The number of aliphatic hydroxyl groups is 1. The van der Waals surface area contributed by atoms with Crippen LogP contribution in [0.1, 0.15) is 57.7 Å². The molecule has 3 rings (SSSR count). The molecule has 1 aliphatic heterocycles. The molecule has 1 amide bonds. The minimum atomic E-state index is -0.687. The Morgan fingerprint density at radius 2 is 1.63 bits per heavy atom. The molecule has 1 N–H and O–H groups in total. The van der Waals surface area contributed by atoms with Crippen molar-refractivity contribution in [2.45, 2.75) is 46.6 Å². The molecule has 2 aromatic carbocycles. The lowest BCUT2D eigenvalue weighted by Gasteiger charge is -2.28. The number of Topliss-reactive ketones (excluding diaryl/α,β-unsaturated/α-hetero) is 1. The lowest BCUT2D eigenvalue weighted by Crippen LogP contribution is -2.31. The summed E-state index contributed by atoms with van der Waals surface area (Å²) in [7, 11) is 0.